The van der Waals surface area contributed by atoms with Gasteiger partial charge in [0.05, 0.1) is 8.07 Å². The van der Waals surface area contributed by atoms with Crippen LogP contribution >= 0.6 is 0 Å². The highest BCUT2D eigenvalue weighted by Gasteiger charge is 2.23. The largest absolute Gasteiger partial charge is 0.478 e. The monoisotopic (exact) mass is 196 g/mol. The number of carbonyl (C=O) groups is 1. The van der Waals surface area contributed by atoms with Crippen molar-refractivity contribution in [3.63, 3.8) is 0 Å². The number of carboxylic acids is 1. The first-order chi connectivity index (χ1) is 5.79. The molecule has 0 spiro atoms. The summed E-state index contributed by atoms with van der Waals surface area (Å²) in [6.07, 6.45) is 7.04. The van der Waals surface area contributed by atoms with Crippen LogP contribution in [-0.4, -0.2) is 19.1 Å². The van der Waals surface area contributed by atoms with Gasteiger partial charge < -0.3 is 5.11 Å². The Balaban J connectivity index is 4.77. The standard InChI is InChI=1S/C10H16O2Si/c1-6-9(13(3,4)5)7-8(2)10(11)12/h1,7,9H,2-5H3,(H,11,12). The predicted molar refractivity (Wildman–Crippen MR) is 57.3 cm³/mol. The first-order valence-corrected chi connectivity index (χ1v) is 7.74. The minimum atomic E-state index is -1.47. The summed E-state index contributed by atoms with van der Waals surface area (Å²) >= 11 is 0. The molecule has 3 heteroatoms. The second-order valence-corrected chi connectivity index (χ2v) is 9.52. The lowest BCUT2D eigenvalue weighted by atomic mass is 10.2. The van der Waals surface area contributed by atoms with Gasteiger partial charge in [-0.05, 0) is 6.92 Å². The summed E-state index contributed by atoms with van der Waals surface area (Å²) in [5, 5.41) is 8.67. The second kappa shape index (κ2) is 4.29. The molecule has 2 nitrogen and oxygen atoms in total. The van der Waals surface area contributed by atoms with E-state index in [9.17, 15) is 4.79 Å². The van der Waals surface area contributed by atoms with E-state index in [0.29, 0.717) is 5.57 Å². The van der Waals surface area contributed by atoms with Gasteiger partial charge in [-0.25, -0.2) is 4.79 Å². The minimum absolute atomic E-state index is 0.00333. The van der Waals surface area contributed by atoms with Crippen molar-refractivity contribution >= 4 is 14.0 Å². The van der Waals surface area contributed by atoms with Gasteiger partial charge in [0, 0.05) is 11.1 Å². The molecule has 0 saturated carbocycles. The van der Waals surface area contributed by atoms with Crippen LogP contribution in [0.4, 0.5) is 0 Å². The third kappa shape index (κ3) is 3.95. The Kier molecular flexibility index (Phi) is 3.95. The maximum atomic E-state index is 10.6. The van der Waals surface area contributed by atoms with Gasteiger partial charge in [-0.2, -0.15) is 0 Å². The Labute approximate surface area is 80.7 Å². The summed E-state index contributed by atoms with van der Waals surface area (Å²) in [5.41, 5.74) is 0.342. The normalized spacial score (nSPS) is 14.8. The van der Waals surface area contributed by atoms with E-state index in [1.54, 1.807) is 13.0 Å². The van der Waals surface area contributed by atoms with E-state index in [1.807, 2.05) is 0 Å². The van der Waals surface area contributed by atoms with E-state index in [0.717, 1.165) is 0 Å². The zero-order valence-electron chi connectivity index (χ0n) is 8.59. The quantitative estimate of drug-likeness (QED) is 0.427. The maximum Gasteiger partial charge on any atom is 0.330 e. The molecule has 0 aromatic rings. The molecular formula is C10H16O2Si. The Hall–Kier alpha value is -1.01. The Morgan fingerprint density at radius 1 is 1.54 bits per heavy atom. The molecule has 0 fully saturated rings. The van der Waals surface area contributed by atoms with Gasteiger partial charge in [-0.1, -0.05) is 25.7 Å². The third-order valence-electron chi connectivity index (χ3n) is 1.87. The minimum Gasteiger partial charge on any atom is -0.478 e. The molecule has 0 heterocycles. The van der Waals surface area contributed by atoms with Gasteiger partial charge in [0.15, 0.2) is 0 Å². The molecule has 1 N–H and O–H groups in total. The number of rotatable bonds is 3. The smallest absolute Gasteiger partial charge is 0.330 e. The highest BCUT2D eigenvalue weighted by atomic mass is 28.3. The molecule has 0 aromatic heterocycles. The van der Waals surface area contributed by atoms with Crippen molar-refractivity contribution in [2.75, 3.05) is 0 Å². The van der Waals surface area contributed by atoms with Crippen LogP contribution in [0, 0.1) is 12.3 Å². The van der Waals surface area contributed by atoms with E-state index in [4.69, 9.17) is 11.5 Å². The summed E-state index contributed by atoms with van der Waals surface area (Å²) < 4.78 is 0. The van der Waals surface area contributed by atoms with Gasteiger partial charge in [-0.3, -0.25) is 0 Å². The van der Waals surface area contributed by atoms with Crippen LogP contribution in [0.1, 0.15) is 6.92 Å². The molecule has 13 heavy (non-hydrogen) atoms. The number of aliphatic carboxylic acids is 1. The highest BCUT2D eigenvalue weighted by molar-refractivity contribution is 6.78. The van der Waals surface area contributed by atoms with Crippen LogP contribution in [0.3, 0.4) is 0 Å². The Bertz CT molecular complexity index is 266. The SMILES string of the molecule is C#CC(C=C(C)C(=O)O)[Si](C)(C)C. The second-order valence-electron chi connectivity index (χ2n) is 4.17. The van der Waals surface area contributed by atoms with Crippen LogP contribution in [0.15, 0.2) is 11.6 Å². The van der Waals surface area contributed by atoms with Gasteiger partial charge in [0.25, 0.3) is 0 Å². The van der Waals surface area contributed by atoms with Crippen LogP contribution < -0.4 is 0 Å². The molecule has 0 amide bonds. The summed E-state index contributed by atoms with van der Waals surface area (Å²) in [6.45, 7) is 7.96. The first-order valence-electron chi connectivity index (χ1n) is 4.17. The summed E-state index contributed by atoms with van der Waals surface area (Å²) in [6, 6.07) is 0. The third-order valence-corrected chi connectivity index (χ3v) is 4.07. The highest BCUT2D eigenvalue weighted by Crippen LogP contribution is 2.23. The van der Waals surface area contributed by atoms with Crippen molar-refractivity contribution in [3.05, 3.63) is 11.6 Å². The average Bonchev–Trinajstić information content (AvgIpc) is 1.96. The molecule has 0 radical (unpaired) electrons. The van der Waals surface area contributed by atoms with E-state index in [2.05, 4.69) is 25.6 Å². The Morgan fingerprint density at radius 2 is 2.00 bits per heavy atom. The zero-order chi connectivity index (χ0) is 10.6. The van der Waals surface area contributed by atoms with E-state index >= 15 is 0 Å². The molecule has 0 saturated heterocycles. The van der Waals surface area contributed by atoms with Gasteiger partial charge >= 0.3 is 5.97 Å². The van der Waals surface area contributed by atoms with Crippen molar-refractivity contribution in [3.8, 4) is 12.3 Å². The molecule has 1 atom stereocenters. The van der Waals surface area contributed by atoms with Crippen LogP contribution in [0.5, 0.6) is 0 Å². The molecule has 1 unspecified atom stereocenters. The molecule has 0 bridgehead atoms. The lowest BCUT2D eigenvalue weighted by Crippen LogP contribution is -2.26. The fraction of sp³-hybridized carbons (Fsp3) is 0.500. The lowest BCUT2D eigenvalue weighted by molar-refractivity contribution is -0.132. The number of carboxylic acid groups (broad SMARTS) is 1. The first kappa shape index (κ1) is 12.0. The average molecular weight is 196 g/mol. The molecule has 0 aliphatic rings. The lowest BCUT2D eigenvalue weighted by Gasteiger charge is -2.21. The Morgan fingerprint density at radius 3 is 2.23 bits per heavy atom. The van der Waals surface area contributed by atoms with Crippen molar-refractivity contribution in [2.45, 2.75) is 32.1 Å². The van der Waals surface area contributed by atoms with Crippen molar-refractivity contribution in [2.24, 2.45) is 0 Å². The van der Waals surface area contributed by atoms with Gasteiger partial charge in [0.2, 0.25) is 0 Å². The van der Waals surface area contributed by atoms with Crippen LogP contribution in [-0.2, 0) is 4.79 Å². The zero-order valence-corrected chi connectivity index (χ0v) is 9.59. The fourth-order valence-electron chi connectivity index (χ4n) is 0.869. The molecular weight excluding hydrogens is 180 g/mol. The van der Waals surface area contributed by atoms with Gasteiger partial charge in [-0.15, -0.1) is 12.3 Å². The maximum absolute atomic E-state index is 10.6. The van der Waals surface area contributed by atoms with Crippen molar-refractivity contribution < 1.29 is 9.90 Å². The number of terminal acetylenes is 1. The fourth-order valence-corrected chi connectivity index (χ4v) is 2.12. The van der Waals surface area contributed by atoms with Crippen LogP contribution in [0.25, 0.3) is 0 Å². The van der Waals surface area contributed by atoms with E-state index in [-0.39, 0.29) is 5.54 Å². The number of hydrogen-bond donors (Lipinski definition) is 1. The number of allylic oxidation sites excluding steroid dienone is 1. The summed E-state index contributed by atoms with van der Waals surface area (Å²) in [5.74, 6) is 1.76. The molecule has 72 valence electrons. The molecule has 0 aliphatic heterocycles. The van der Waals surface area contributed by atoms with Crippen LogP contribution in [0.2, 0.25) is 25.2 Å². The van der Waals surface area contributed by atoms with Crippen molar-refractivity contribution in [1.82, 2.24) is 0 Å². The predicted octanol–water partition coefficient (Wildman–Crippen LogP) is 2.36. The molecule has 0 rings (SSSR count). The van der Waals surface area contributed by atoms with Crippen molar-refractivity contribution in [1.29, 1.82) is 0 Å². The van der Waals surface area contributed by atoms with Gasteiger partial charge in [0.1, 0.15) is 0 Å². The topological polar surface area (TPSA) is 37.3 Å². The summed E-state index contributed by atoms with van der Waals surface area (Å²) in [7, 11) is -1.47. The van der Waals surface area contributed by atoms with E-state index < -0.39 is 14.0 Å². The molecule has 0 aliphatic carbocycles. The molecule has 0 aromatic carbocycles. The summed E-state index contributed by atoms with van der Waals surface area (Å²) in [4.78, 5) is 10.6. The number of hydrogen-bond acceptors (Lipinski definition) is 1. The van der Waals surface area contributed by atoms with E-state index in [1.165, 1.54) is 0 Å².